The van der Waals surface area contributed by atoms with Crippen LogP contribution in [0.25, 0.3) is 0 Å². The van der Waals surface area contributed by atoms with E-state index in [0.717, 1.165) is 16.9 Å². The van der Waals surface area contributed by atoms with E-state index in [1.165, 1.54) is 17.7 Å². The highest BCUT2D eigenvalue weighted by molar-refractivity contribution is 5.22. The number of aliphatic hydroxyl groups is 1. The van der Waals surface area contributed by atoms with Crippen LogP contribution in [0.15, 0.2) is 71.3 Å². The van der Waals surface area contributed by atoms with Gasteiger partial charge in [0.25, 0.3) is 0 Å². The van der Waals surface area contributed by atoms with Gasteiger partial charge >= 0.3 is 0 Å². The summed E-state index contributed by atoms with van der Waals surface area (Å²) in [5.41, 5.74) is 3.37. The van der Waals surface area contributed by atoms with Gasteiger partial charge < -0.3 is 14.3 Å². The molecule has 1 unspecified atom stereocenters. The summed E-state index contributed by atoms with van der Waals surface area (Å²) in [5, 5.41) is 10.4. The van der Waals surface area contributed by atoms with Crippen LogP contribution in [0.1, 0.15) is 22.5 Å². The molecule has 28 heavy (non-hydrogen) atoms. The van der Waals surface area contributed by atoms with E-state index in [1.807, 2.05) is 6.07 Å². The first kappa shape index (κ1) is 20.3. The van der Waals surface area contributed by atoms with Crippen LogP contribution in [0.4, 0.5) is 4.39 Å². The van der Waals surface area contributed by atoms with Crippen LogP contribution < -0.4 is 0 Å². The molecule has 0 amide bonds. The van der Waals surface area contributed by atoms with Gasteiger partial charge in [-0.1, -0.05) is 42.0 Å². The third-order valence-electron chi connectivity index (χ3n) is 4.45. The number of rotatable bonds is 10. The van der Waals surface area contributed by atoms with Crippen LogP contribution in [0.5, 0.6) is 0 Å². The van der Waals surface area contributed by atoms with Crippen molar-refractivity contribution in [1.29, 1.82) is 0 Å². The number of aryl methyl sites for hydroxylation is 1. The Morgan fingerprint density at radius 3 is 2.25 bits per heavy atom. The molecular weight excluding hydrogens is 357 g/mol. The van der Waals surface area contributed by atoms with Gasteiger partial charge in [-0.15, -0.1) is 0 Å². The van der Waals surface area contributed by atoms with Crippen molar-refractivity contribution in [3.8, 4) is 0 Å². The van der Waals surface area contributed by atoms with Crippen molar-refractivity contribution in [2.24, 2.45) is 0 Å². The van der Waals surface area contributed by atoms with E-state index in [1.54, 1.807) is 24.5 Å². The molecule has 0 aliphatic rings. The average molecular weight is 383 g/mol. The highest BCUT2D eigenvalue weighted by Crippen LogP contribution is 2.13. The monoisotopic (exact) mass is 383 g/mol. The fraction of sp³-hybridized carbons (Fsp3) is 0.304. The minimum atomic E-state index is -0.638. The first-order chi connectivity index (χ1) is 13.6. The molecule has 148 valence electrons. The second kappa shape index (κ2) is 10.2. The maximum Gasteiger partial charge on any atom is 0.129 e. The molecule has 0 fully saturated rings. The lowest BCUT2D eigenvalue weighted by molar-refractivity contribution is 0.00253. The number of halogens is 1. The van der Waals surface area contributed by atoms with Crippen LogP contribution in [0.2, 0.25) is 0 Å². The molecule has 0 aliphatic heterocycles. The van der Waals surface area contributed by atoms with Crippen molar-refractivity contribution in [2.45, 2.75) is 32.7 Å². The molecule has 3 rings (SSSR count). The number of furan rings is 1. The lowest BCUT2D eigenvalue weighted by Crippen LogP contribution is -2.34. The summed E-state index contributed by atoms with van der Waals surface area (Å²) in [6.07, 6.45) is 0.960. The van der Waals surface area contributed by atoms with Gasteiger partial charge in [0.05, 0.1) is 19.0 Å². The van der Waals surface area contributed by atoms with Gasteiger partial charge in [-0.3, -0.25) is 4.90 Å². The Morgan fingerprint density at radius 1 is 1.00 bits per heavy atom. The fourth-order valence-corrected chi connectivity index (χ4v) is 3.03. The summed E-state index contributed by atoms with van der Waals surface area (Å²) in [7, 11) is 0. The largest absolute Gasteiger partial charge is 0.467 e. The minimum absolute atomic E-state index is 0.217. The molecule has 5 heteroatoms. The van der Waals surface area contributed by atoms with Crippen LogP contribution in [0, 0.1) is 12.7 Å². The Labute approximate surface area is 165 Å². The molecule has 1 N–H and O–H groups in total. The van der Waals surface area contributed by atoms with Gasteiger partial charge in [0, 0.05) is 19.6 Å². The van der Waals surface area contributed by atoms with E-state index in [-0.39, 0.29) is 12.4 Å². The van der Waals surface area contributed by atoms with Gasteiger partial charge in [0.1, 0.15) is 18.2 Å². The topological polar surface area (TPSA) is 45.8 Å². The van der Waals surface area contributed by atoms with E-state index in [4.69, 9.17) is 9.15 Å². The molecule has 1 heterocycles. The van der Waals surface area contributed by atoms with Crippen LogP contribution in [0.3, 0.4) is 0 Å². The molecule has 4 nitrogen and oxygen atoms in total. The molecule has 2 aromatic carbocycles. The van der Waals surface area contributed by atoms with Crippen molar-refractivity contribution in [2.75, 3.05) is 13.2 Å². The van der Waals surface area contributed by atoms with Crippen molar-refractivity contribution in [1.82, 2.24) is 4.90 Å². The first-order valence-corrected chi connectivity index (χ1v) is 9.39. The van der Waals surface area contributed by atoms with Gasteiger partial charge in [0.15, 0.2) is 0 Å². The van der Waals surface area contributed by atoms with Gasteiger partial charge in [-0.25, -0.2) is 4.39 Å². The van der Waals surface area contributed by atoms with E-state index in [0.29, 0.717) is 26.2 Å². The highest BCUT2D eigenvalue weighted by Gasteiger charge is 2.14. The summed E-state index contributed by atoms with van der Waals surface area (Å²) in [4.78, 5) is 2.14. The average Bonchev–Trinajstić information content (AvgIpc) is 3.19. The molecule has 1 atom stereocenters. The van der Waals surface area contributed by atoms with E-state index >= 15 is 0 Å². The molecule has 0 saturated heterocycles. The predicted molar refractivity (Wildman–Crippen MR) is 106 cm³/mol. The quantitative estimate of drug-likeness (QED) is 0.567. The maximum atomic E-state index is 13.2. The van der Waals surface area contributed by atoms with E-state index < -0.39 is 6.10 Å². The minimum Gasteiger partial charge on any atom is -0.467 e. The van der Waals surface area contributed by atoms with Crippen molar-refractivity contribution in [3.63, 3.8) is 0 Å². The van der Waals surface area contributed by atoms with E-state index in [9.17, 15) is 9.50 Å². The molecule has 0 radical (unpaired) electrons. The lowest BCUT2D eigenvalue weighted by Gasteiger charge is -2.25. The predicted octanol–water partition coefficient (Wildman–Crippen LogP) is 4.31. The van der Waals surface area contributed by atoms with Crippen LogP contribution in [-0.2, 0) is 24.4 Å². The lowest BCUT2D eigenvalue weighted by atomic mass is 10.1. The van der Waals surface area contributed by atoms with Crippen LogP contribution >= 0.6 is 0 Å². The zero-order chi connectivity index (χ0) is 19.8. The highest BCUT2D eigenvalue weighted by atomic mass is 19.1. The number of nitrogens with zero attached hydrogens (tertiary/aromatic N) is 1. The molecule has 0 spiro atoms. The molecule has 0 aliphatic carbocycles. The maximum absolute atomic E-state index is 13.2. The summed E-state index contributed by atoms with van der Waals surface area (Å²) in [6.45, 7) is 4.36. The molecule has 1 aromatic heterocycles. The van der Waals surface area contributed by atoms with Gasteiger partial charge in [-0.2, -0.15) is 0 Å². The third-order valence-corrected chi connectivity index (χ3v) is 4.45. The SMILES string of the molecule is Cc1ccc(CN(Cc2ccc(F)cc2)CC(O)COCc2ccco2)cc1. The molecule has 0 bridgehead atoms. The smallest absolute Gasteiger partial charge is 0.129 e. The number of hydrogen-bond donors (Lipinski definition) is 1. The second-order valence-corrected chi connectivity index (χ2v) is 7.03. The van der Waals surface area contributed by atoms with Crippen molar-refractivity contribution < 1.29 is 18.7 Å². The standard InChI is InChI=1S/C23H26FNO3/c1-18-4-6-19(7-5-18)13-25(14-20-8-10-21(24)11-9-20)15-22(26)16-27-17-23-3-2-12-28-23/h2-12,22,26H,13-17H2,1H3. The van der Waals surface area contributed by atoms with Gasteiger partial charge in [0.2, 0.25) is 0 Å². The molecule has 3 aromatic rings. The summed E-state index contributed by atoms with van der Waals surface area (Å²) >= 11 is 0. The van der Waals surface area contributed by atoms with Crippen molar-refractivity contribution >= 4 is 0 Å². The Hall–Kier alpha value is -2.47. The number of aliphatic hydroxyl groups excluding tert-OH is 1. The zero-order valence-corrected chi connectivity index (χ0v) is 16.1. The normalized spacial score (nSPS) is 12.4. The Morgan fingerprint density at radius 2 is 1.64 bits per heavy atom. The Balaban J connectivity index is 1.58. The first-order valence-electron chi connectivity index (χ1n) is 9.39. The summed E-state index contributed by atoms with van der Waals surface area (Å²) in [5.74, 6) is 0.482. The molecular formula is C23H26FNO3. The number of ether oxygens (including phenoxy) is 1. The zero-order valence-electron chi connectivity index (χ0n) is 16.1. The fourth-order valence-electron chi connectivity index (χ4n) is 3.03. The Bertz CT molecular complexity index is 769. The third kappa shape index (κ3) is 6.60. The second-order valence-electron chi connectivity index (χ2n) is 7.03. The van der Waals surface area contributed by atoms with E-state index in [2.05, 4.69) is 36.1 Å². The molecule has 0 saturated carbocycles. The number of benzene rings is 2. The van der Waals surface area contributed by atoms with Crippen LogP contribution in [-0.4, -0.2) is 29.3 Å². The van der Waals surface area contributed by atoms with Crippen molar-refractivity contribution in [3.05, 3.63) is 95.2 Å². The number of hydrogen-bond acceptors (Lipinski definition) is 4. The van der Waals surface area contributed by atoms with Gasteiger partial charge in [-0.05, 0) is 42.3 Å². The summed E-state index contributed by atoms with van der Waals surface area (Å²) in [6, 6.07) is 18.5. The Kier molecular flexibility index (Phi) is 7.37. The summed E-state index contributed by atoms with van der Waals surface area (Å²) < 4.78 is 24.0.